The van der Waals surface area contributed by atoms with Crippen molar-refractivity contribution in [2.75, 3.05) is 13.1 Å². The average Bonchev–Trinajstić information content (AvgIpc) is 3.10. The van der Waals surface area contributed by atoms with E-state index in [-0.39, 0.29) is 11.9 Å². The summed E-state index contributed by atoms with van der Waals surface area (Å²) in [5.41, 5.74) is 1.35. The van der Waals surface area contributed by atoms with Gasteiger partial charge in [0.25, 0.3) is 5.91 Å². The van der Waals surface area contributed by atoms with Crippen molar-refractivity contribution >= 4 is 17.5 Å². The summed E-state index contributed by atoms with van der Waals surface area (Å²) in [5.74, 6) is -0.206. The zero-order valence-electron chi connectivity index (χ0n) is 13.7. The molecule has 1 atom stereocenters. The Labute approximate surface area is 146 Å². The van der Waals surface area contributed by atoms with Crippen LogP contribution in [0.3, 0.4) is 0 Å². The first-order valence-corrected chi connectivity index (χ1v) is 8.74. The quantitative estimate of drug-likeness (QED) is 0.872. The first kappa shape index (κ1) is 16.9. The van der Waals surface area contributed by atoms with E-state index < -0.39 is 0 Å². The van der Waals surface area contributed by atoms with E-state index in [2.05, 4.69) is 20.9 Å². The fourth-order valence-corrected chi connectivity index (χ4v) is 3.21. The van der Waals surface area contributed by atoms with Gasteiger partial charge in [-0.25, -0.2) is 4.68 Å². The van der Waals surface area contributed by atoms with E-state index in [9.17, 15) is 4.79 Å². The lowest BCUT2D eigenvalue weighted by Gasteiger charge is -2.22. The van der Waals surface area contributed by atoms with Crippen LogP contribution in [-0.2, 0) is 0 Å². The third kappa shape index (κ3) is 3.94. The molecular formula is C17H22ClN5O. The Bertz CT molecular complexity index is 696. The second-order valence-corrected chi connectivity index (χ2v) is 6.49. The maximum Gasteiger partial charge on any atom is 0.273 e. The highest BCUT2D eigenvalue weighted by atomic mass is 35.5. The monoisotopic (exact) mass is 347 g/mol. The molecule has 7 heteroatoms. The Hall–Kier alpha value is -1.92. The normalized spacial score (nSPS) is 16.8. The first-order chi connectivity index (χ1) is 11.7. The fourth-order valence-electron chi connectivity index (χ4n) is 3.01. The summed E-state index contributed by atoms with van der Waals surface area (Å²) in [7, 11) is 0. The van der Waals surface area contributed by atoms with Gasteiger partial charge in [-0.1, -0.05) is 35.9 Å². The molecule has 2 N–H and O–H groups in total. The van der Waals surface area contributed by atoms with Gasteiger partial charge < -0.3 is 10.6 Å². The number of aromatic nitrogens is 3. The molecule has 1 fully saturated rings. The van der Waals surface area contributed by atoms with Crippen molar-refractivity contribution in [1.82, 2.24) is 25.6 Å². The van der Waals surface area contributed by atoms with Crippen molar-refractivity contribution in [3.05, 3.63) is 46.7 Å². The number of halogens is 1. The number of carbonyl (C=O) groups excluding carboxylic acids is 1. The Balaban J connectivity index is 1.68. The smallest absolute Gasteiger partial charge is 0.273 e. The fraction of sp³-hybridized carbons (Fsp3) is 0.471. The molecular weight excluding hydrogens is 326 g/mol. The van der Waals surface area contributed by atoms with Gasteiger partial charge in [0, 0.05) is 5.02 Å². The molecule has 1 aromatic heterocycles. The molecule has 128 valence electrons. The summed E-state index contributed by atoms with van der Waals surface area (Å²) in [5, 5.41) is 15.2. The third-order valence-electron chi connectivity index (χ3n) is 4.39. The number of hydrogen-bond acceptors (Lipinski definition) is 4. The van der Waals surface area contributed by atoms with Crippen molar-refractivity contribution in [2.24, 2.45) is 0 Å². The molecule has 0 radical (unpaired) electrons. The maximum atomic E-state index is 12.5. The van der Waals surface area contributed by atoms with E-state index >= 15 is 0 Å². The van der Waals surface area contributed by atoms with Crippen molar-refractivity contribution in [2.45, 2.75) is 38.3 Å². The minimum absolute atomic E-state index is 0.0970. The van der Waals surface area contributed by atoms with Gasteiger partial charge in [-0.05, 0) is 50.0 Å². The first-order valence-electron chi connectivity index (χ1n) is 8.36. The predicted octanol–water partition coefficient (Wildman–Crippen LogP) is 2.74. The number of nitrogens with zero attached hydrogens (tertiary/aromatic N) is 3. The Morgan fingerprint density at radius 2 is 2.25 bits per heavy atom. The van der Waals surface area contributed by atoms with Crippen LogP contribution < -0.4 is 10.6 Å². The van der Waals surface area contributed by atoms with Crippen LogP contribution in [0.2, 0.25) is 5.02 Å². The Morgan fingerprint density at radius 1 is 1.46 bits per heavy atom. The topological polar surface area (TPSA) is 71.8 Å². The number of rotatable bonds is 5. The molecule has 1 aromatic carbocycles. The highest BCUT2D eigenvalue weighted by molar-refractivity contribution is 6.30. The van der Waals surface area contributed by atoms with E-state index in [1.54, 1.807) is 6.20 Å². The number of benzene rings is 1. The molecule has 2 aromatic rings. The van der Waals surface area contributed by atoms with Gasteiger partial charge in [-0.2, -0.15) is 0 Å². The summed E-state index contributed by atoms with van der Waals surface area (Å²) < 4.78 is 1.82. The van der Waals surface area contributed by atoms with E-state index in [0.717, 1.165) is 37.9 Å². The number of hydrogen-bond donors (Lipinski definition) is 2. The predicted molar refractivity (Wildman–Crippen MR) is 93.1 cm³/mol. The minimum Gasteiger partial charge on any atom is -0.344 e. The van der Waals surface area contributed by atoms with Gasteiger partial charge in [0.05, 0.1) is 18.3 Å². The maximum absolute atomic E-state index is 12.5. The lowest BCUT2D eigenvalue weighted by molar-refractivity contribution is 0.0930. The van der Waals surface area contributed by atoms with Crippen LogP contribution >= 0.6 is 11.6 Å². The second kappa shape index (κ2) is 7.77. The van der Waals surface area contributed by atoms with Crippen LogP contribution in [0, 0.1) is 0 Å². The minimum atomic E-state index is -0.206. The average molecular weight is 348 g/mol. The number of carbonyl (C=O) groups is 1. The highest BCUT2D eigenvalue weighted by Crippen LogP contribution is 2.21. The summed E-state index contributed by atoms with van der Waals surface area (Å²) in [6.45, 7) is 3.97. The lowest BCUT2D eigenvalue weighted by atomic mass is 10.0. The molecule has 2 heterocycles. The van der Waals surface area contributed by atoms with Gasteiger partial charge in [-0.15, -0.1) is 5.10 Å². The Kier molecular flexibility index (Phi) is 5.48. The zero-order chi connectivity index (χ0) is 16.9. The summed E-state index contributed by atoms with van der Waals surface area (Å²) in [4.78, 5) is 12.5. The standard InChI is InChI=1S/C17H22ClN5O/c1-2-15(12-4-3-5-13(18)10-12)20-17(24)16-11-23(22-21-16)14-6-8-19-9-7-14/h3-5,10-11,14-15,19H,2,6-9H2,1H3,(H,20,24). The summed E-state index contributed by atoms with van der Waals surface area (Å²) in [6, 6.07) is 7.77. The van der Waals surface area contributed by atoms with E-state index in [4.69, 9.17) is 11.6 Å². The number of nitrogens with one attached hydrogen (secondary N) is 2. The molecule has 0 bridgehead atoms. The van der Waals surface area contributed by atoms with Crippen LogP contribution in [0.1, 0.15) is 54.3 Å². The molecule has 0 saturated carbocycles. The molecule has 3 rings (SSSR count). The molecule has 1 saturated heterocycles. The van der Waals surface area contributed by atoms with Gasteiger partial charge in [0.1, 0.15) is 0 Å². The van der Waals surface area contributed by atoms with Crippen molar-refractivity contribution < 1.29 is 4.79 Å². The van der Waals surface area contributed by atoms with Crippen molar-refractivity contribution in [3.8, 4) is 0 Å². The third-order valence-corrected chi connectivity index (χ3v) is 4.63. The highest BCUT2D eigenvalue weighted by Gasteiger charge is 2.20. The van der Waals surface area contributed by atoms with E-state index in [0.29, 0.717) is 16.8 Å². The van der Waals surface area contributed by atoms with Crippen LogP contribution in [0.15, 0.2) is 30.5 Å². The lowest BCUT2D eigenvalue weighted by Crippen LogP contribution is -2.30. The SMILES string of the molecule is CCC(NC(=O)c1cn(C2CCNCC2)nn1)c1cccc(Cl)c1. The van der Waals surface area contributed by atoms with E-state index in [1.165, 1.54) is 0 Å². The largest absolute Gasteiger partial charge is 0.344 e. The summed E-state index contributed by atoms with van der Waals surface area (Å²) in [6.07, 6.45) is 4.53. The molecule has 24 heavy (non-hydrogen) atoms. The van der Waals surface area contributed by atoms with Crippen LogP contribution in [0.4, 0.5) is 0 Å². The van der Waals surface area contributed by atoms with E-state index in [1.807, 2.05) is 35.9 Å². The molecule has 0 spiro atoms. The second-order valence-electron chi connectivity index (χ2n) is 6.05. The van der Waals surface area contributed by atoms with Gasteiger partial charge in [0.2, 0.25) is 0 Å². The number of amides is 1. The molecule has 1 aliphatic rings. The molecule has 1 amide bonds. The molecule has 1 aliphatic heterocycles. The van der Waals surface area contributed by atoms with Crippen LogP contribution in [0.25, 0.3) is 0 Å². The van der Waals surface area contributed by atoms with Gasteiger partial charge >= 0.3 is 0 Å². The van der Waals surface area contributed by atoms with Gasteiger partial charge in [-0.3, -0.25) is 4.79 Å². The molecule has 6 nitrogen and oxygen atoms in total. The molecule has 0 aliphatic carbocycles. The van der Waals surface area contributed by atoms with Crippen LogP contribution in [-0.4, -0.2) is 34.0 Å². The van der Waals surface area contributed by atoms with Crippen molar-refractivity contribution in [3.63, 3.8) is 0 Å². The van der Waals surface area contributed by atoms with Crippen molar-refractivity contribution in [1.29, 1.82) is 0 Å². The zero-order valence-corrected chi connectivity index (χ0v) is 14.5. The van der Waals surface area contributed by atoms with Crippen LogP contribution in [0.5, 0.6) is 0 Å². The summed E-state index contributed by atoms with van der Waals surface area (Å²) >= 11 is 6.05. The molecule has 1 unspecified atom stereocenters. The number of piperidine rings is 1. The van der Waals surface area contributed by atoms with Gasteiger partial charge in [0.15, 0.2) is 5.69 Å². The Morgan fingerprint density at radius 3 is 2.96 bits per heavy atom.